The van der Waals surface area contributed by atoms with Crippen molar-refractivity contribution in [2.24, 2.45) is 0 Å². The fraction of sp³-hybridized carbons (Fsp3) is 0.292. The SMILES string of the molecule is COc1cc(OC)c2[nH]c(C(=O)OCC(=O)N(CCC#N)c3cc(C)cc(C)c3)cc2c1. The van der Waals surface area contributed by atoms with Gasteiger partial charge in [-0.1, -0.05) is 6.07 Å². The minimum atomic E-state index is -0.670. The van der Waals surface area contributed by atoms with Gasteiger partial charge in [0.15, 0.2) is 6.61 Å². The van der Waals surface area contributed by atoms with Crippen LogP contribution in [0.1, 0.15) is 28.0 Å². The van der Waals surface area contributed by atoms with Crippen LogP contribution in [0.2, 0.25) is 0 Å². The lowest BCUT2D eigenvalue weighted by molar-refractivity contribution is -0.121. The number of nitrogens with one attached hydrogen (secondary N) is 1. The number of anilines is 1. The number of esters is 1. The van der Waals surface area contributed by atoms with Crippen molar-refractivity contribution >= 4 is 28.5 Å². The minimum absolute atomic E-state index is 0.163. The number of ether oxygens (including phenoxy) is 3. The Balaban J connectivity index is 1.77. The van der Waals surface area contributed by atoms with Gasteiger partial charge in [0.25, 0.3) is 5.91 Å². The van der Waals surface area contributed by atoms with Crippen LogP contribution < -0.4 is 14.4 Å². The molecule has 8 heteroatoms. The van der Waals surface area contributed by atoms with E-state index in [2.05, 4.69) is 4.98 Å². The van der Waals surface area contributed by atoms with Gasteiger partial charge in [0.05, 0.1) is 32.2 Å². The highest BCUT2D eigenvalue weighted by Crippen LogP contribution is 2.31. The van der Waals surface area contributed by atoms with Crippen molar-refractivity contribution in [2.45, 2.75) is 20.3 Å². The van der Waals surface area contributed by atoms with Crippen LogP contribution in [0.4, 0.5) is 5.69 Å². The smallest absolute Gasteiger partial charge is 0.355 e. The van der Waals surface area contributed by atoms with Gasteiger partial charge in [-0.2, -0.15) is 5.26 Å². The molecule has 0 aliphatic heterocycles. The zero-order valence-electron chi connectivity index (χ0n) is 18.5. The molecular formula is C24H25N3O5. The van der Waals surface area contributed by atoms with Crippen molar-refractivity contribution in [2.75, 3.05) is 32.3 Å². The van der Waals surface area contributed by atoms with Crippen LogP contribution in [0.25, 0.3) is 10.9 Å². The monoisotopic (exact) mass is 435 g/mol. The molecule has 0 aliphatic carbocycles. The molecule has 0 saturated heterocycles. The first-order valence-corrected chi connectivity index (χ1v) is 10.0. The summed E-state index contributed by atoms with van der Waals surface area (Å²) in [4.78, 5) is 29.9. The van der Waals surface area contributed by atoms with Crippen molar-refractivity contribution in [3.63, 3.8) is 0 Å². The van der Waals surface area contributed by atoms with E-state index in [1.807, 2.05) is 38.1 Å². The highest BCUT2D eigenvalue weighted by molar-refractivity contribution is 6.00. The molecule has 0 aliphatic rings. The fourth-order valence-electron chi connectivity index (χ4n) is 3.52. The number of hydrogen-bond donors (Lipinski definition) is 1. The summed E-state index contributed by atoms with van der Waals surface area (Å²) < 4.78 is 15.9. The fourth-order valence-corrected chi connectivity index (χ4v) is 3.52. The second kappa shape index (κ2) is 9.88. The summed E-state index contributed by atoms with van der Waals surface area (Å²) in [5.41, 5.74) is 3.47. The van der Waals surface area contributed by atoms with Crippen LogP contribution in [-0.4, -0.2) is 44.2 Å². The molecule has 3 aromatic rings. The number of nitriles is 1. The number of amides is 1. The molecule has 166 valence electrons. The van der Waals surface area contributed by atoms with Gasteiger partial charge in [-0.15, -0.1) is 0 Å². The van der Waals surface area contributed by atoms with Gasteiger partial charge in [-0.05, 0) is 49.2 Å². The lowest BCUT2D eigenvalue weighted by Gasteiger charge is -2.22. The molecule has 0 saturated carbocycles. The zero-order chi connectivity index (χ0) is 23.3. The molecule has 0 bridgehead atoms. The van der Waals surface area contributed by atoms with Gasteiger partial charge in [-0.3, -0.25) is 4.79 Å². The molecule has 1 N–H and O–H groups in total. The quantitative estimate of drug-likeness (QED) is 0.538. The molecule has 0 radical (unpaired) electrons. The second-order valence-corrected chi connectivity index (χ2v) is 7.35. The normalized spacial score (nSPS) is 10.5. The van der Waals surface area contributed by atoms with E-state index in [1.54, 1.807) is 25.3 Å². The van der Waals surface area contributed by atoms with Crippen LogP contribution in [0.15, 0.2) is 36.4 Å². The summed E-state index contributed by atoms with van der Waals surface area (Å²) in [6.45, 7) is 3.62. The number of carbonyl (C=O) groups is 2. The maximum absolute atomic E-state index is 12.9. The number of fused-ring (bicyclic) bond motifs is 1. The van der Waals surface area contributed by atoms with E-state index in [4.69, 9.17) is 19.5 Å². The zero-order valence-corrected chi connectivity index (χ0v) is 18.5. The molecule has 1 amide bonds. The van der Waals surface area contributed by atoms with Gasteiger partial charge >= 0.3 is 5.97 Å². The Hall–Kier alpha value is -3.99. The third-order valence-corrected chi connectivity index (χ3v) is 4.93. The molecule has 3 rings (SSSR count). The molecule has 0 fully saturated rings. The maximum atomic E-state index is 12.9. The van der Waals surface area contributed by atoms with E-state index < -0.39 is 18.5 Å². The number of rotatable bonds is 8. The van der Waals surface area contributed by atoms with Crippen LogP contribution in [0, 0.1) is 25.2 Å². The van der Waals surface area contributed by atoms with Crippen LogP contribution in [-0.2, 0) is 9.53 Å². The Morgan fingerprint density at radius 2 is 1.75 bits per heavy atom. The van der Waals surface area contributed by atoms with E-state index in [0.717, 1.165) is 11.1 Å². The highest BCUT2D eigenvalue weighted by Gasteiger charge is 2.20. The van der Waals surface area contributed by atoms with Crippen molar-refractivity contribution in [3.05, 3.63) is 53.2 Å². The third-order valence-electron chi connectivity index (χ3n) is 4.93. The first kappa shape index (κ1) is 22.7. The Morgan fingerprint density at radius 3 is 2.38 bits per heavy atom. The van der Waals surface area contributed by atoms with E-state index in [-0.39, 0.29) is 18.7 Å². The number of aryl methyl sites for hydroxylation is 2. The summed E-state index contributed by atoms with van der Waals surface area (Å²) in [6, 6.07) is 12.9. The van der Waals surface area contributed by atoms with E-state index in [1.165, 1.54) is 12.0 Å². The summed E-state index contributed by atoms with van der Waals surface area (Å²) in [7, 11) is 3.07. The molecule has 8 nitrogen and oxygen atoms in total. The number of nitrogens with zero attached hydrogens (tertiary/aromatic N) is 2. The number of methoxy groups -OCH3 is 2. The third kappa shape index (κ3) is 5.01. The Morgan fingerprint density at radius 1 is 1.03 bits per heavy atom. The van der Waals surface area contributed by atoms with Gasteiger partial charge in [0.1, 0.15) is 17.2 Å². The average Bonchev–Trinajstić information content (AvgIpc) is 3.20. The predicted molar refractivity (Wildman–Crippen MR) is 120 cm³/mol. The Labute approximate surface area is 186 Å². The van der Waals surface area contributed by atoms with Gasteiger partial charge in [0, 0.05) is 23.7 Å². The number of aromatic nitrogens is 1. The largest absolute Gasteiger partial charge is 0.497 e. The average molecular weight is 435 g/mol. The Bertz CT molecular complexity index is 1170. The van der Waals surface area contributed by atoms with Gasteiger partial charge < -0.3 is 24.1 Å². The van der Waals surface area contributed by atoms with Gasteiger partial charge in [-0.25, -0.2) is 4.79 Å². The summed E-state index contributed by atoms with van der Waals surface area (Å²) >= 11 is 0. The van der Waals surface area contributed by atoms with Crippen molar-refractivity contribution < 1.29 is 23.8 Å². The molecule has 0 atom stereocenters. The first-order chi connectivity index (χ1) is 15.4. The first-order valence-electron chi connectivity index (χ1n) is 10.0. The van der Waals surface area contributed by atoms with Crippen molar-refractivity contribution in [1.29, 1.82) is 5.26 Å². The van der Waals surface area contributed by atoms with E-state index >= 15 is 0 Å². The molecule has 1 aromatic heterocycles. The van der Waals surface area contributed by atoms with Crippen molar-refractivity contribution in [3.8, 4) is 17.6 Å². The standard InChI is InChI=1S/C24H25N3O5/c1-15-8-16(2)10-18(9-15)27(7-5-6-25)22(28)14-32-24(29)20-12-17-11-19(30-3)13-21(31-4)23(17)26-20/h8-13,26H,5,7,14H2,1-4H3. The summed E-state index contributed by atoms with van der Waals surface area (Å²) in [5.74, 6) is 0.0298. The molecule has 32 heavy (non-hydrogen) atoms. The highest BCUT2D eigenvalue weighted by atomic mass is 16.5. The van der Waals surface area contributed by atoms with E-state index in [9.17, 15) is 9.59 Å². The summed E-state index contributed by atoms with van der Waals surface area (Å²) in [6.07, 6.45) is 0.163. The number of aromatic amines is 1. The molecule has 1 heterocycles. The lowest BCUT2D eigenvalue weighted by atomic mass is 10.1. The summed E-state index contributed by atoms with van der Waals surface area (Å²) in [5, 5.41) is 9.69. The Kier molecular flexibility index (Phi) is 7.00. The lowest BCUT2D eigenvalue weighted by Crippen LogP contribution is -2.35. The number of hydrogen-bond acceptors (Lipinski definition) is 6. The minimum Gasteiger partial charge on any atom is -0.497 e. The second-order valence-electron chi connectivity index (χ2n) is 7.35. The van der Waals surface area contributed by atoms with Crippen LogP contribution >= 0.6 is 0 Å². The molecule has 0 spiro atoms. The molecule has 2 aromatic carbocycles. The van der Waals surface area contributed by atoms with Crippen molar-refractivity contribution in [1.82, 2.24) is 4.98 Å². The predicted octanol–water partition coefficient (Wildman–Crippen LogP) is 3.91. The van der Waals surface area contributed by atoms with E-state index in [0.29, 0.717) is 28.1 Å². The van der Waals surface area contributed by atoms with Crippen LogP contribution in [0.5, 0.6) is 11.5 Å². The topological polar surface area (TPSA) is 105 Å². The number of benzene rings is 2. The molecule has 0 unspecified atom stereocenters. The maximum Gasteiger partial charge on any atom is 0.355 e. The number of H-pyrrole nitrogens is 1. The van der Waals surface area contributed by atoms with Crippen LogP contribution in [0.3, 0.4) is 0 Å². The number of carbonyl (C=O) groups excluding carboxylic acids is 2. The van der Waals surface area contributed by atoms with Gasteiger partial charge in [0.2, 0.25) is 0 Å². The molecular weight excluding hydrogens is 410 g/mol.